The number of hydrogen-bond donors (Lipinski definition) is 0. The summed E-state index contributed by atoms with van der Waals surface area (Å²) in [7, 11) is -3.17. The standard InChI is InChI=1S/C11H14N2O4S/c1-9-10(4-2-5-11(9)13(14)15)8-12-6-3-7-18(12,16)17/h2,4-5H,3,6-8H2,1H3. The van der Waals surface area contributed by atoms with Crippen molar-refractivity contribution in [1.29, 1.82) is 0 Å². The fourth-order valence-corrected chi connectivity index (χ4v) is 3.59. The van der Waals surface area contributed by atoms with Crippen LogP contribution in [0.25, 0.3) is 0 Å². The van der Waals surface area contributed by atoms with Crippen LogP contribution >= 0.6 is 0 Å². The minimum Gasteiger partial charge on any atom is -0.258 e. The quantitative estimate of drug-likeness (QED) is 0.614. The van der Waals surface area contributed by atoms with E-state index in [-0.39, 0.29) is 18.0 Å². The highest BCUT2D eigenvalue weighted by atomic mass is 32.2. The maximum Gasteiger partial charge on any atom is 0.272 e. The van der Waals surface area contributed by atoms with Crippen LogP contribution in [0.1, 0.15) is 17.5 Å². The molecule has 1 aromatic rings. The lowest BCUT2D eigenvalue weighted by Crippen LogP contribution is -2.25. The molecule has 1 saturated heterocycles. The molecule has 1 heterocycles. The number of sulfonamides is 1. The van der Waals surface area contributed by atoms with Crippen LogP contribution < -0.4 is 0 Å². The predicted molar refractivity (Wildman–Crippen MR) is 66.6 cm³/mol. The molecule has 0 radical (unpaired) electrons. The summed E-state index contributed by atoms with van der Waals surface area (Å²) in [4.78, 5) is 10.4. The van der Waals surface area contributed by atoms with Gasteiger partial charge in [-0.05, 0) is 18.9 Å². The Morgan fingerprint density at radius 2 is 2.17 bits per heavy atom. The summed E-state index contributed by atoms with van der Waals surface area (Å²) in [5.41, 5.74) is 1.25. The van der Waals surface area contributed by atoms with E-state index < -0.39 is 14.9 Å². The average Bonchev–Trinajstić information content (AvgIpc) is 2.61. The second-order valence-electron chi connectivity index (χ2n) is 4.32. The molecular formula is C11H14N2O4S. The van der Waals surface area contributed by atoms with Gasteiger partial charge in [0.15, 0.2) is 0 Å². The van der Waals surface area contributed by atoms with Crippen molar-refractivity contribution in [2.24, 2.45) is 0 Å². The largest absolute Gasteiger partial charge is 0.272 e. The average molecular weight is 270 g/mol. The van der Waals surface area contributed by atoms with E-state index in [1.54, 1.807) is 19.1 Å². The van der Waals surface area contributed by atoms with Crippen molar-refractivity contribution in [3.05, 3.63) is 39.4 Å². The summed E-state index contributed by atoms with van der Waals surface area (Å²) in [5, 5.41) is 10.8. The summed E-state index contributed by atoms with van der Waals surface area (Å²) in [6.07, 6.45) is 0.621. The lowest BCUT2D eigenvalue weighted by molar-refractivity contribution is -0.385. The zero-order chi connectivity index (χ0) is 13.3. The van der Waals surface area contributed by atoms with E-state index in [2.05, 4.69) is 0 Å². The Labute approximate surface area is 105 Å². The topological polar surface area (TPSA) is 80.5 Å². The van der Waals surface area contributed by atoms with Crippen molar-refractivity contribution in [3.63, 3.8) is 0 Å². The van der Waals surface area contributed by atoms with E-state index in [9.17, 15) is 18.5 Å². The lowest BCUT2D eigenvalue weighted by Gasteiger charge is -2.15. The number of nitro benzene ring substituents is 1. The summed E-state index contributed by atoms with van der Waals surface area (Å²) in [5.74, 6) is 0.168. The Morgan fingerprint density at radius 3 is 2.72 bits per heavy atom. The van der Waals surface area contributed by atoms with Gasteiger partial charge in [0.05, 0.1) is 10.7 Å². The molecule has 0 bridgehead atoms. The van der Waals surface area contributed by atoms with E-state index >= 15 is 0 Å². The maximum atomic E-state index is 11.7. The monoisotopic (exact) mass is 270 g/mol. The third kappa shape index (κ3) is 2.37. The summed E-state index contributed by atoms with van der Waals surface area (Å²) in [6.45, 7) is 2.36. The van der Waals surface area contributed by atoms with Gasteiger partial charge in [-0.15, -0.1) is 0 Å². The van der Waals surface area contributed by atoms with Gasteiger partial charge >= 0.3 is 0 Å². The molecular weight excluding hydrogens is 256 g/mol. The van der Waals surface area contributed by atoms with E-state index in [0.717, 1.165) is 0 Å². The third-order valence-electron chi connectivity index (χ3n) is 3.16. The molecule has 1 aliphatic heterocycles. The molecule has 2 rings (SSSR count). The Balaban J connectivity index is 2.30. The molecule has 7 heteroatoms. The minimum absolute atomic E-state index is 0.0316. The van der Waals surface area contributed by atoms with Crippen molar-refractivity contribution in [1.82, 2.24) is 4.31 Å². The molecule has 0 aromatic heterocycles. The second kappa shape index (κ2) is 4.66. The number of hydrogen-bond acceptors (Lipinski definition) is 4. The number of nitro groups is 1. The van der Waals surface area contributed by atoms with Crippen LogP contribution in [-0.2, 0) is 16.6 Å². The highest BCUT2D eigenvalue weighted by Gasteiger charge is 2.29. The van der Waals surface area contributed by atoms with Crippen LogP contribution in [-0.4, -0.2) is 29.9 Å². The maximum absolute atomic E-state index is 11.7. The van der Waals surface area contributed by atoms with Gasteiger partial charge in [-0.3, -0.25) is 10.1 Å². The Kier molecular flexibility index (Phi) is 3.36. The van der Waals surface area contributed by atoms with Crippen LogP contribution in [0, 0.1) is 17.0 Å². The third-order valence-corrected chi connectivity index (χ3v) is 5.07. The molecule has 1 fully saturated rings. The zero-order valence-corrected chi connectivity index (χ0v) is 10.8. The molecule has 1 aromatic carbocycles. The minimum atomic E-state index is -3.17. The van der Waals surface area contributed by atoms with Crippen molar-refractivity contribution in [2.75, 3.05) is 12.3 Å². The van der Waals surface area contributed by atoms with Crippen molar-refractivity contribution in [2.45, 2.75) is 19.9 Å². The van der Waals surface area contributed by atoms with Crippen molar-refractivity contribution in [3.8, 4) is 0 Å². The van der Waals surface area contributed by atoms with Crippen molar-refractivity contribution >= 4 is 15.7 Å². The van der Waals surface area contributed by atoms with Gasteiger partial charge in [0.1, 0.15) is 0 Å². The summed E-state index contributed by atoms with van der Waals surface area (Å²) in [6, 6.07) is 4.75. The molecule has 0 unspecified atom stereocenters. The first kappa shape index (κ1) is 13.0. The normalized spacial score (nSPS) is 18.9. The first-order valence-corrected chi connectivity index (χ1v) is 7.23. The number of benzene rings is 1. The lowest BCUT2D eigenvalue weighted by atomic mass is 10.1. The van der Waals surface area contributed by atoms with Gasteiger partial charge in [-0.1, -0.05) is 12.1 Å². The smallest absolute Gasteiger partial charge is 0.258 e. The molecule has 98 valence electrons. The summed E-state index contributed by atoms with van der Waals surface area (Å²) >= 11 is 0. The molecule has 1 aliphatic rings. The Hall–Kier alpha value is -1.47. The highest BCUT2D eigenvalue weighted by molar-refractivity contribution is 7.89. The number of rotatable bonds is 3. The molecule has 0 aliphatic carbocycles. The Morgan fingerprint density at radius 1 is 1.44 bits per heavy atom. The summed E-state index contributed by atoms with van der Waals surface area (Å²) < 4.78 is 24.8. The van der Waals surface area contributed by atoms with Gasteiger partial charge in [0.2, 0.25) is 10.0 Å². The molecule has 0 atom stereocenters. The zero-order valence-electron chi connectivity index (χ0n) is 10.00. The molecule has 18 heavy (non-hydrogen) atoms. The highest BCUT2D eigenvalue weighted by Crippen LogP contribution is 2.24. The van der Waals surface area contributed by atoms with Gasteiger partial charge in [-0.2, -0.15) is 4.31 Å². The van der Waals surface area contributed by atoms with E-state index in [1.165, 1.54) is 10.4 Å². The fraction of sp³-hybridized carbons (Fsp3) is 0.455. The van der Waals surface area contributed by atoms with Crippen molar-refractivity contribution < 1.29 is 13.3 Å². The first-order valence-electron chi connectivity index (χ1n) is 5.62. The fourth-order valence-electron chi connectivity index (χ4n) is 2.10. The van der Waals surface area contributed by atoms with Crippen LogP contribution in [0.5, 0.6) is 0 Å². The van der Waals surface area contributed by atoms with E-state index in [4.69, 9.17) is 0 Å². The van der Waals surface area contributed by atoms with Crippen LogP contribution in [0.3, 0.4) is 0 Å². The molecule has 0 N–H and O–H groups in total. The second-order valence-corrected chi connectivity index (χ2v) is 6.41. The van der Waals surface area contributed by atoms with E-state index in [1.807, 2.05) is 0 Å². The SMILES string of the molecule is Cc1c(CN2CCCS2(=O)=O)cccc1[N+](=O)[O-]. The van der Waals surface area contributed by atoms with Crippen LogP contribution in [0.15, 0.2) is 18.2 Å². The Bertz CT molecular complexity index is 583. The van der Waals surface area contributed by atoms with Gasteiger partial charge in [0, 0.05) is 24.7 Å². The first-order chi connectivity index (χ1) is 8.42. The van der Waals surface area contributed by atoms with Gasteiger partial charge in [-0.25, -0.2) is 8.42 Å². The van der Waals surface area contributed by atoms with E-state index in [0.29, 0.717) is 24.1 Å². The predicted octanol–water partition coefficient (Wildman–Crippen LogP) is 1.44. The van der Waals surface area contributed by atoms with Crippen LogP contribution in [0.4, 0.5) is 5.69 Å². The number of nitrogens with zero attached hydrogens (tertiary/aromatic N) is 2. The molecule has 0 spiro atoms. The van der Waals surface area contributed by atoms with Gasteiger partial charge < -0.3 is 0 Å². The van der Waals surface area contributed by atoms with Crippen LogP contribution in [0.2, 0.25) is 0 Å². The molecule has 0 amide bonds. The van der Waals surface area contributed by atoms with Gasteiger partial charge in [0.25, 0.3) is 5.69 Å². The molecule has 6 nitrogen and oxygen atoms in total. The molecule has 0 saturated carbocycles.